The first-order valence-electron chi connectivity index (χ1n) is 6.33. The van der Waals surface area contributed by atoms with Gasteiger partial charge in [-0.2, -0.15) is 0 Å². The van der Waals surface area contributed by atoms with Gasteiger partial charge in [0, 0.05) is 0 Å². The van der Waals surface area contributed by atoms with Crippen molar-refractivity contribution in [2.75, 3.05) is 19.7 Å². The van der Waals surface area contributed by atoms with Crippen LogP contribution in [0, 0.1) is 5.92 Å². The van der Waals surface area contributed by atoms with Crippen LogP contribution in [0.15, 0.2) is 24.3 Å². The van der Waals surface area contributed by atoms with Crippen molar-refractivity contribution in [2.24, 2.45) is 5.92 Å². The lowest BCUT2D eigenvalue weighted by Gasteiger charge is -2.22. The van der Waals surface area contributed by atoms with Crippen LogP contribution in [0.4, 0.5) is 4.39 Å². The number of piperidine rings is 1. The van der Waals surface area contributed by atoms with Crippen molar-refractivity contribution < 1.29 is 9.13 Å². The summed E-state index contributed by atoms with van der Waals surface area (Å²) in [5.74, 6) is 1.49. The fourth-order valence-electron chi connectivity index (χ4n) is 2.09. The van der Waals surface area contributed by atoms with Crippen molar-refractivity contribution in [2.45, 2.75) is 25.9 Å². The maximum absolute atomic E-state index is 13.0. The van der Waals surface area contributed by atoms with E-state index in [4.69, 9.17) is 4.74 Å². The van der Waals surface area contributed by atoms with E-state index in [0.29, 0.717) is 11.5 Å². The van der Waals surface area contributed by atoms with Crippen molar-refractivity contribution in [1.29, 1.82) is 0 Å². The minimum atomic E-state index is -0.909. The first-order valence-corrected chi connectivity index (χ1v) is 6.33. The van der Waals surface area contributed by atoms with E-state index in [2.05, 4.69) is 5.32 Å². The maximum Gasteiger partial charge on any atom is 0.122 e. The second-order valence-electron chi connectivity index (χ2n) is 4.69. The molecule has 0 spiro atoms. The molecule has 3 heteroatoms. The summed E-state index contributed by atoms with van der Waals surface area (Å²) >= 11 is 0. The Morgan fingerprint density at radius 1 is 1.29 bits per heavy atom. The molecule has 1 aliphatic heterocycles. The van der Waals surface area contributed by atoms with E-state index in [1.165, 1.54) is 12.8 Å². The van der Waals surface area contributed by atoms with Crippen molar-refractivity contribution in [3.8, 4) is 5.75 Å². The van der Waals surface area contributed by atoms with Gasteiger partial charge in [-0.1, -0.05) is 12.1 Å². The smallest absolute Gasteiger partial charge is 0.122 e. The minimum absolute atomic E-state index is 0.649. The molecule has 0 saturated carbocycles. The highest BCUT2D eigenvalue weighted by molar-refractivity contribution is 5.28. The molecule has 2 rings (SSSR count). The average molecular weight is 237 g/mol. The summed E-state index contributed by atoms with van der Waals surface area (Å²) in [4.78, 5) is 0. The minimum Gasteiger partial charge on any atom is -0.493 e. The molecular formula is C14H20FNO. The Morgan fingerprint density at radius 3 is 2.53 bits per heavy atom. The normalized spacial score (nSPS) is 18.9. The fraction of sp³-hybridized carbons (Fsp3) is 0.571. The molecule has 1 fully saturated rings. The number of halogens is 1. The van der Waals surface area contributed by atoms with Gasteiger partial charge in [-0.3, -0.25) is 0 Å². The zero-order valence-electron chi connectivity index (χ0n) is 10.3. The Balaban J connectivity index is 1.82. The standard InChI is InChI=1S/C14H20FNO/c1-11(15)13-2-4-14(5-3-13)17-10-12-6-8-16-9-7-12/h2-5,11-12,16H,6-10H2,1H3. The number of hydrogen-bond acceptors (Lipinski definition) is 2. The van der Waals surface area contributed by atoms with Gasteiger partial charge in [-0.05, 0) is 56.5 Å². The largest absolute Gasteiger partial charge is 0.493 e. The predicted octanol–water partition coefficient (Wildman–Crippen LogP) is 3.10. The van der Waals surface area contributed by atoms with Gasteiger partial charge in [0.25, 0.3) is 0 Å². The molecule has 1 unspecified atom stereocenters. The second-order valence-corrected chi connectivity index (χ2v) is 4.69. The van der Waals surface area contributed by atoms with Gasteiger partial charge in [0.15, 0.2) is 0 Å². The predicted molar refractivity (Wildman–Crippen MR) is 67.1 cm³/mol. The molecule has 1 N–H and O–H groups in total. The van der Waals surface area contributed by atoms with E-state index in [9.17, 15) is 4.39 Å². The Labute approximate surface area is 102 Å². The van der Waals surface area contributed by atoms with E-state index in [-0.39, 0.29) is 0 Å². The molecule has 1 aromatic carbocycles. The molecule has 0 aliphatic carbocycles. The zero-order valence-corrected chi connectivity index (χ0v) is 10.3. The van der Waals surface area contributed by atoms with Crippen LogP contribution >= 0.6 is 0 Å². The Kier molecular flexibility index (Phi) is 4.37. The van der Waals surface area contributed by atoms with Crippen LogP contribution in [0.5, 0.6) is 5.75 Å². The molecule has 2 nitrogen and oxygen atoms in total. The number of alkyl halides is 1. The Hall–Kier alpha value is -1.09. The first-order chi connectivity index (χ1) is 8.25. The van der Waals surface area contributed by atoms with Crippen LogP contribution < -0.4 is 10.1 Å². The van der Waals surface area contributed by atoms with E-state index in [1.54, 1.807) is 19.1 Å². The molecule has 1 aromatic rings. The van der Waals surface area contributed by atoms with Gasteiger partial charge in [0.2, 0.25) is 0 Å². The average Bonchev–Trinajstić information content (AvgIpc) is 2.38. The molecule has 1 aliphatic rings. The monoisotopic (exact) mass is 237 g/mol. The third kappa shape index (κ3) is 3.70. The zero-order chi connectivity index (χ0) is 12.1. The summed E-state index contributed by atoms with van der Waals surface area (Å²) < 4.78 is 18.7. The number of rotatable bonds is 4. The third-order valence-electron chi connectivity index (χ3n) is 3.28. The van der Waals surface area contributed by atoms with Crippen LogP contribution in [-0.4, -0.2) is 19.7 Å². The van der Waals surface area contributed by atoms with Crippen LogP contribution in [-0.2, 0) is 0 Å². The van der Waals surface area contributed by atoms with Crippen LogP contribution in [0.3, 0.4) is 0 Å². The van der Waals surface area contributed by atoms with Gasteiger partial charge in [-0.15, -0.1) is 0 Å². The molecule has 1 saturated heterocycles. The summed E-state index contributed by atoms with van der Waals surface area (Å²) in [6.45, 7) is 4.50. The Morgan fingerprint density at radius 2 is 1.94 bits per heavy atom. The first kappa shape index (κ1) is 12.4. The summed E-state index contributed by atoms with van der Waals surface area (Å²) in [5.41, 5.74) is 0.708. The molecule has 0 radical (unpaired) electrons. The van der Waals surface area contributed by atoms with Crippen molar-refractivity contribution in [3.05, 3.63) is 29.8 Å². The molecular weight excluding hydrogens is 217 g/mol. The van der Waals surface area contributed by atoms with Gasteiger partial charge in [0.05, 0.1) is 6.61 Å². The number of ether oxygens (including phenoxy) is 1. The summed E-state index contributed by atoms with van der Waals surface area (Å²) in [6, 6.07) is 7.30. The summed E-state index contributed by atoms with van der Waals surface area (Å²) in [6.07, 6.45) is 1.45. The van der Waals surface area contributed by atoms with Crippen LogP contribution in [0.25, 0.3) is 0 Å². The SMILES string of the molecule is CC(F)c1ccc(OCC2CCNCC2)cc1. The van der Waals surface area contributed by atoms with E-state index in [1.807, 2.05) is 12.1 Å². The molecule has 17 heavy (non-hydrogen) atoms. The summed E-state index contributed by atoms with van der Waals surface area (Å²) in [5, 5.41) is 3.34. The second kappa shape index (κ2) is 6.01. The Bertz CT molecular complexity index is 331. The van der Waals surface area contributed by atoms with E-state index in [0.717, 1.165) is 25.4 Å². The lowest BCUT2D eigenvalue weighted by molar-refractivity contribution is 0.215. The third-order valence-corrected chi connectivity index (χ3v) is 3.28. The number of hydrogen-bond donors (Lipinski definition) is 1. The molecule has 94 valence electrons. The van der Waals surface area contributed by atoms with E-state index >= 15 is 0 Å². The fourth-order valence-corrected chi connectivity index (χ4v) is 2.09. The summed E-state index contributed by atoms with van der Waals surface area (Å²) in [7, 11) is 0. The molecule has 0 bridgehead atoms. The van der Waals surface area contributed by atoms with Gasteiger partial charge in [0.1, 0.15) is 11.9 Å². The van der Waals surface area contributed by atoms with Crippen LogP contribution in [0.2, 0.25) is 0 Å². The van der Waals surface area contributed by atoms with E-state index < -0.39 is 6.17 Å². The highest BCUT2D eigenvalue weighted by Crippen LogP contribution is 2.21. The quantitative estimate of drug-likeness (QED) is 0.868. The number of benzene rings is 1. The maximum atomic E-state index is 13.0. The number of nitrogens with one attached hydrogen (secondary N) is 1. The molecule has 1 heterocycles. The van der Waals surface area contributed by atoms with Crippen molar-refractivity contribution in [1.82, 2.24) is 5.32 Å². The van der Waals surface area contributed by atoms with Gasteiger partial charge < -0.3 is 10.1 Å². The van der Waals surface area contributed by atoms with Crippen molar-refractivity contribution in [3.63, 3.8) is 0 Å². The van der Waals surface area contributed by atoms with Crippen LogP contribution in [0.1, 0.15) is 31.5 Å². The lowest BCUT2D eigenvalue weighted by atomic mass is 9.99. The topological polar surface area (TPSA) is 21.3 Å². The molecule has 0 amide bonds. The van der Waals surface area contributed by atoms with Gasteiger partial charge in [-0.25, -0.2) is 4.39 Å². The molecule has 1 atom stereocenters. The highest BCUT2D eigenvalue weighted by Gasteiger charge is 2.13. The highest BCUT2D eigenvalue weighted by atomic mass is 19.1. The lowest BCUT2D eigenvalue weighted by Crippen LogP contribution is -2.30. The molecule has 0 aromatic heterocycles. The van der Waals surface area contributed by atoms with Gasteiger partial charge >= 0.3 is 0 Å². The van der Waals surface area contributed by atoms with Crippen molar-refractivity contribution >= 4 is 0 Å².